The average Bonchev–Trinajstić information content (AvgIpc) is 3.17. The van der Waals surface area contributed by atoms with Crippen molar-refractivity contribution < 1.29 is 9.59 Å². The van der Waals surface area contributed by atoms with E-state index in [-0.39, 0.29) is 17.7 Å². The van der Waals surface area contributed by atoms with Crippen molar-refractivity contribution in [2.45, 2.75) is 12.1 Å². The van der Waals surface area contributed by atoms with Crippen molar-refractivity contribution in [3.63, 3.8) is 0 Å². The molecule has 1 heterocycles. The molecule has 0 aliphatic carbocycles. The number of thioether (sulfide) groups is 1. The lowest BCUT2D eigenvalue weighted by atomic mass is 10.2. The van der Waals surface area contributed by atoms with E-state index in [1.807, 2.05) is 35.8 Å². The molecule has 144 valence electrons. The molecule has 3 N–H and O–H groups in total. The summed E-state index contributed by atoms with van der Waals surface area (Å²) in [6.45, 7) is 2.02. The number of hydrogen-bond donors (Lipinski definition) is 3. The van der Waals surface area contributed by atoms with Gasteiger partial charge in [0.25, 0.3) is 0 Å². The maximum Gasteiger partial charge on any atom is 0.318 e. The smallest absolute Gasteiger partial charge is 0.318 e. The van der Waals surface area contributed by atoms with Gasteiger partial charge in [0.15, 0.2) is 5.16 Å². The molecule has 28 heavy (non-hydrogen) atoms. The molecule has 0 bridgehead atoms. The normalized spacial score (nSPS) is 10.4. The monoisotopic (exact) mass is 396 g/mol. The molecule has 3 rings (SSSR count). The largest absolute Gasteiger partial charge is 0.341 e. The van der Waals surface area contributed by atoms with E-state index in [2.05, 4.69) is 26.1 Å². The maximum absolute atomic E-state index is 12.2. The molecule has 0 fully saturated rings. The second-order valence-corrected chi connectivity index (χ2v) is 6.88. The van der Waals surface area contributed by atoms with Crippen molar-refractivity contribution in [2.24, 2.45) is 0 Å². The summed E-state index contributed by atoms with van der Waals surface area (Å²) in [4.78, 5) is 23.5. The lowest BCUT2D eigenvalue weighted by Crippen LogP contribution is -2.24. The highest BCUT2D eigenvalue weighted by atomic mass is 32.2. The lowest BCUT2D eigenvalue weighted by molar-refractivity contribution is -0.113. The molecule has 0 saturated heterocycles. The van der Waals surface area contributed by atoms with Gasteiger partial charge in [-0.25, -0.2) is 4.79 Å². The topological polar surface area (TPSA) is 101 Å². The van der Waals surface area contributed by atoms with Crippen LogP contribution in [-0.4, -0.2) is 39.5 Å². The zero-order valence-corrected chi connectivity index (χ0v) is 16.3. The number of carbonyl (C=O) groups excluding carboxylic acids is 2. The molecular weight excluding hydrogens is 376 g/mol. The van der Waals surface area contributed by atoms with Crippen LogP contribution in [0.25, 0.3) is 5.69 Å². The van der Waals surface area contributed by atoms with E-state index >= 15 is 0 Å². The Morgan fingerprint density at radius 2 is 1.64 bits per heavy atom. The van der Waals surface area contributed by atoms with Crippen molar-refractivity contribution in [1.82, 2.24) is 20.1 Å². The Bertz CT molecular complexity index is 953. The van der Waals surface area contributed by atoms with Gasteiger partial charge in [-0.2, -0.15) is 0 Å². The zero-order chi connectivity index (χ0) is 19.9. The molecule has 0 atom stereocenters. The Hall–Kier alpha value is -3.33. The van der Waals surface area contributed by atoms with Crippen LogP contribution >= 0.6 is 11.8 Å². The highest BCUT2D eigenvalue weighted by Crippen LogP contribution is 2.20. The minimum atomic E-state index is -0.300. The third-order valence-electron chi connectivity index (χ3n) is 3.81. The van der Waals surface area contributed by atoms with Gasteiger partial charge < -0.3 is 16.0 Å². The van der Waals surface area contributed by atoms with Gasteiger partial charge in [0.1, 0.15) is 6.33 Å². The summed E-state index contributed by atoms with van der Waals surface area (Å²) in [6, 6.07) is 14.6. The van der Waals surface area contributed by atoms with Crippen LogP contribution in [0.15, 0.2) is 60.0 Å². The second kappa shape index (κ2) is 9.05. The molecule has 0 radical (unpaired) electrons. The van der Waals surface area contributed by atoms with E-state index in [0.717, 1.165) is 5.69 Å². The highest BCUT2D eigenvalue weighted by molar-refractivity contribution is 7.99. The molecule has 1 aromatic heterocycles. The maximum atomic E-state index is 12.2. The standard InChI is InChI=1S/C19H20N6O2S/c1-13-3-9-16(10-4-13)25-12-21-24-19(25)28-11-17(26)22-14-5-7-15(8-6-14)23-18(27)20-2/h3-10,12H,11H2,1-2H3,(H,22,26)(H2,20,23,27). The van der Waals surface area contributed by atoms with Crippen LogP contribution in [0.2, 0.25) is 0 Å². The molecule has 2 aromatic carbocycles. The average molecular weight is 396 g/mol. The van der Waals surface area contributed by atoms with E-state index in [1.54, 1.807) is 37.6 Å². The number of nitrogens with one attached hydrogen (secondary N) is 3. The van der Waals surface area contributed by atoms with Gasteiger partial charge in [-0.05, 0) is 43.3 Å². The van der Waals surface area contributed by atoms with Crippen LogP contribution in [0.4, 0.5) is 16.2 Å². The summed E-state index contributed by atoms with van der Waals surface area (Å²) >= 11 is 1.31. The summed E-state index contributed by atoms with van der Waals surface area (Å²) in [5.41, 5.74) is 3.39. The number of aryl methyl sites for hydroxylation is 1. The third-order valence-corrected chi connectivity index (χ3v) is 4.76. The number of hydrogen-bond acceptors (Lipinski definition) is 5. The number of benzene rings is 2. The number of rotatable bonds is 6. The van der Waals surface area contributed by atoms with E-state index in [9.17, 15) is 9.59 Å². The first-order chi connectivity index (χ1) is 13.5. The minimum Gasteiger partial charge on any atom is -0.341 e. The van der Waals surface area contributed by atoms with E-state index < -0.39 is 0 Å². The van der Waals surface area contributed by atoms with Gasteiger partial charge in [-0.1, -0.05) is 29.5 Å². The van der Waals surface area contributed by atoms with E-state index in [1.165, 1.54) is 17.3 Å². The number of amides is 3. The Morgan fingerprint density at radius 1 is 1.00 bits per heavy atom. The number of anilines is 2. The minimum absolute atomic E-state index is 0.157. The van der Waals surface area contributed by atoms with Crippen LogP contribution < -0.4 is 16.0 Å². The fourth-order valence-corrected chi connectivity index (χ4v) is 3.09. The number of carbonyl (C=O) groups is 2. The van der Waals surface area contributed by atoms with Crippen molar-refractivity contribution in [3.05, 3.63) is 60.4 Å². The number of aromatic nitrogens is 3. The number of nitrogens with zero attached hydrogens (tertiary/aromatic N) is 3. The molecule has 0 aliphatic heterocycles. The summed E-state index contributed by atoms with van der Waals surface area (Å²) in [5, 5.41) is 16.6. The molecule has 3 amide bonds. The predicted octanol–water partition coefficient (Wildman–Crippen LogP) is 3.06. The first-order valence-electron chi connectivity index (χ1n) is 8.53. The van der Waals surface area contributed by atoms with Crippen LogP contribution in [-0.2, 0) is 4.79 Å². The zero-order valence-electron chi connectivity index (χ0n) is 15.5. The molecule has 0 unspecified atom stereocenters. The highest BCUT2D eigenvalue weighted by Gasteiger charge is 2.10. The van der Waals surface area contributed by atoms with Crippen LogP contribution in [0.1, 0.15) is 5.56 Å². The lowest BCUT2D eigenvalue weighted by Gasteiger charge is -2.08. The fourth-order valence-electron chi connectivity index (χ4n) is 2.36. The summed E-state index contributed by atoms with van der Waals surface area (Å²) < 4.78 is 1.84. The molecule has 0 saturated carbocycles. The molecule has 3 aromatic rings. The molecule has 8 nitrogen and oxygen atoms in total. The van der Waals surface area contributed by atoms with E-state index in [4.69, 9.17) is 0 Å². The summed E-state index contributed by atoms with van der Waals surface area (Å²) in [7, 11) is 1.54. The molecule has 0 spiro atoms. The van der Waals surface area contributed by atoms with Gasteiger partial charge in [0.05, 0.1) is 5.75 Å². The van der Waals surface area contributed by atoms with Crippen molar-refractivity contribution in [1.29, 1.82) is 0 Å². The molecule has 9 heteroatoms. The summed E-state index contributed by atoms with van der Waals surface area (Å²) in [5.74, 6) is 0.0402. The predicted molar refractivity (Wildman–Crippen MR) is 110 cm³/mol. The van der Waals surface area contributed by atoms with E-state index in [0.29, 0.717) is 16.5 Å². The SMILES string of the molecule is CNC(=O)Nc1ccc(NC(=O)CSc2nncn2-c2ccc(C)cc2)cc1. The Kier molecular flexibility index (Phi) is 6.28. The quantitative estimate of drug-likeness (QED) is 0.556. The first-order valence-corrected chi connectivity index (χ1v) is 9.52. The van der Waals surface area contributed by atoms with Crippen molar-refractivity contribution in [3.8, 4) is 5.69 Å². The van der Waals surface area contributed by atoms with Gasteiger partial charge >= 0.3 is 6.03 Å². The van der Waals surface area contributed by atoms with Crippen molar-refractivity contribution >= 4 is 35.1 Å². The second-order valence-electron chi connectivity index (χ2n) is 5.94. The van der Waals surface area contributed by atoms with Gasteiger partial charge in [0.2, 0.25) is 5.91 Å². The van der Waals surface area contributed by atoms with Crippen LogP contribution in [0.3, 0.4) is 0 Å². The first kappa shape index (κ1) is 19.4. The van der Waals surface area contributed by atoms with Gasteiger partial charge in [0, 0.05) is 24.1 Å². The Morgan fingerprint density at radius 3 is 2.29 bits per heavy atom. The molecular formula is C19H20N6O2S. The third kappa shape index (κ3) is 5.10. The van der Waals surface area contributed by atoms with Gasteiger partial charge in [-0.15, -0.1) is 10.2 Å². The summed E-state index contributed by atoms with van der Waals surface area (Å²) in [6.07, 6.45) is 1.63. The van der Waals surface area contributed by atoms with Gasteiger partial charge in [-0.3, -0.25) is 9.36 Å². The molecule has 0 aliphatic rings. The fraction of sp³-hybridized carbons (Fsp3) is 0.158. The number of urea groups is 1. The Balaban J connectivity index is 1.56. The van der Waals surface area contributed by atoms with Crippen LogP contribution in [0.5, 0.6) is 0 Å². The Labute approximate surface area is 166 Å². The van der Waals surface area contributed by atoms with Crippen LogP contribution in [0, 0.1) is 6.92 Å². The van der Waals surface area contributed by atoms with Crippen molar-refractivity contribution in [2.75, 3.05) is 23.4 Å².